The maximum atomic E-state index is 13.6. The molecule has 1 saturated heterocycles. The molecule has 0 unspecified atom stereocenters. The van der Waals surface area contributed by atoms with E-state index in [0.717, 1.165) is 0 Å². The predicted octanol–water partition coefficient (Wildman–Crippen LogP) is 2.58. The number of cyclic esters (lactones) is 1. The number of halogens is 1. The van der Waals surface area contributed by atoms with E-state index in [9.17, 15) is 22.4 Å². The van der Waals surface area contributed by atoms with Gasteiger partial charge >= 0.3 is 11.8 Å². The Morgan fingerprint density at radius 3 is 2.56 bits per heavy atom. The minimum Gasteiger partial charge on any atom is -0.444 e. The van der Waals surface area contributed by atoms with Gasteiger partial charge in [-0.15, -0.1) is 0 Å². The highest BCUT2D eigenvalue weighted by atomic mass is 32.2. The SMILES string of the molecule is Cn1c(=O)oc2cc(S(=O)(=O)N3CCC(N4C(=O)OCc5cc(F)ccc54)CC3)ccc21. The molecule has 3 aromatic rings. The molecule has 5 rings (SSSR count). The van der Waals surface area contributed by atoms with Gasteiger partial charge in [-0.3, -0.25) is 9.47 Å². The summed E-state index contributed by atoms with van der Waals surface area (Å²) in [5.74, 6) is -0.974. The van der Waals surface area contributed by atoms with Gasteiger partial charge in [0.25, 0.3) is 0 Å². The summed E-state index contributed by atoms with van der Waals surface area (Å²) in [6, 6.07) is 8.26. The molecule has 0 bridgehead atoms. The van der Waals surface area contributed by atoms with E-state index in [1.807, 2.05) is 0 Å². The molecule has 1 fully saturated rings. The second-order valence-corrected chi connectivity index (χ2v) is 9.83. The van der Waals surface area contributed by atoms with Gasteiger partial charge in [-0.25, -0.2) is 22.4 Å². The fourth-order valence-electron chi connectivity index (χ4n) is 4.32. The van der Waals surface area contributed by atoms with Crippen molar-refractivity contribution >= 4 is 32.9 Å². The Kier molecular flexibility index (Phi) is 4.82. The first-order chi connectivity index (χ1) is 15.3. The highest BCUT2D eigenvalue weighted by Crippen LogP contribution is 2.33. The van der Waals surface area contributed by atoms with Crippen LogP contribution in [0.3, 0.4) is 0 Å². The largest absolute Gasteiger partial charge is 0.444 e. The molecule has 32 heavy (non-hydrogen) atoms. The van der Waals surface area contributed by atoms with Gasteiger partial charge in [0.15, 0.2) is 5.58 Å². The molecule has 2 aromatic carbocycles. The number of aryl methyl sites for hydroxylation is 1. The Labute approximate surface area is 182 Å². The predicted molar refractivity (Wildman–Crippen MR) is 112 cm³/mol. The summed E-state index contributed by atoms with van der Waals surface area (Å²) in [6.07, 6.45) is 0.275. The minimum atomic E-state index is -3.81. The lowest BCUT2D eigenvalue weighted by Crippen LogP contribution is -2.50. The Bertz CT molecular complexity index is 1390. The molecule has 0 radical (unpaired) electrons. The summed E-state index contributed by atoms with van der Waals surface area (Å²) < 4.78 is 52.8. The third kappa shape index (κ3) is 3.28. The van der Waals surface area contributed by atoms with Crippen molar-refractivity contribution < 1.29 is 26.8 Å². The van der Waals surface area contributed by atoms with E-state index < -0.39 is 27.7 Å². The van der Waals surface area contributed by atoms with Crippen LogP contribution in [0.1, 0.15) is 18.4 Å². The van der Waals surface area contributed by atoms with Crippen LogP contribution < -0.4 is 10.7 Å². The Hall–Kier alpha value is -3.18. The fourth-order valence-corrected chi connectivity index (χ4v) is 5.81. The van der Waals surface area contributed by atoms with Crippen LogP contribution in [0.15, 0.2) is 50.5 Å². The number of hydrogen-bond donors (Lipinski definition) is 0. The van der Waals surface area contributed by atoms with Crippen LogP contribution in [0, 0.1) is 5.82 Å². The molecule has 0 saturated carbocycles. The molecule has 9 nitrogen and oxygen atoms in total. The van der Waals surface area contributed by atoms with Gasteiger partial charge in [0, 0.05) is 37.8 Å². The molecule has 168 valence electrons. The van der Waals surface area contributed by atoms with Crippen molar-refractivity contribution in [1.29, 1.82) is 0 Å². The van der Waals surface area contributed by atoms with Crippen molar-refractivity contribution in [2.45, 2.75) is 30.4 Å². The zero-order valence-corrected chi connectivity index (χ0v) is 18.0. The number of nitrogens with zero attached hydrogens (tertiary/aromatic N) is 3. The summed E-state index contributed by atoms with van der Waals surface area (Å²) in [4.78, 5) is 25.7. The average molecular weight is 461 g/mol. The van der Waals surface area contributed by atoms with Gasteiger partial charge in [-0.2, -0.15) is 4.31 Å². The molecule has 1 aromatic heterocycles. The number of carbonyl (C=O) groups excluding carboxylic acids is 1. The standard InChI is InChI=1S/C21H20FN3O6S/c1-23-18-5-3-16(11-19(18)31-20(23)26)32(28,29)24-8-6-15(7-9-24)25-17-4-2-14(22)10-13(17)12-30-21(25)27/h2-5,10-11,15H,6-9,12H2,1H3. The first-order valence-electron chi connectivity index (χ1n) is 10.1. The van der Waals surface area contributed by atoms with Gasteiger partial charge in [0.1, 0.15) is 12.4 Å². The molecule has 0 aliphatic carbocycles. The number of fused-ring (bicyclic) bond motifs is 2. The van der Waals surface area contributed by atoms with Crippen molar-refractivity contribution in [1.82, 2.24) is 8.87 Å². The number of oxazole rings is 1. The fraction of sp³-hybridized carbons (Fsp3) is 0.333. The van der Waals surface area contributed by atoms with Crippen LogP contribution in [-0.2, 0) is 28.4 Å². The molecule has 0 N–H and O–H groups in total. The second kappa shape index (κ2) is 7.45. The Morgan fingerprint density at radius 2 is 1.81 bits per heavy atom. The van der Waals surface area contributed by atoms with Crippen molar-refractivity contribution in [3.05, 3.63) is 58.3 Å². The van der Waals surface area contributed by atoms with E-state index >= 15 is 0 Å². The molecule has 0 spiro atoms. The van der Waals surface area contributed by atoms with Crippen molar-refractivity contribution in [2.24, 2.45) is 7.05 Å². The molecule has 2 aliphatic heterocycles. The summed E-state index contributed by atoms with van der Waals surface area (Å²) in [7, 11) is -2.27. The summed E-state index contributed by atoms with van der Waals surface area (Å²) in [5, 5.41) is 0. The van der Waals surface area contributed by atoms with Crippen molar-refractivity contribution in [3.63, 3.8) is 0 Å². The molecular formula is C21H20FN3O6S. The van der Waals surface area contributed by atoms with E-state index in [2.05, 4.69) is 0 Å². The highest BCUT2D eigenvalue weighted by molar-refractivity contribution is 7.89. The molecule has 11 heteroatoms. The lowest BCUT2D eigenvalue weighted by molar-refractivity contribution is 0.135. The van der Waals surface area contributed by atoms with E-state index in [1.54, 1.807) is 19.2 Å². The minimum absolute atomic E-state index is 0.00768. The first kappa shape index (κ1) is 20.7. The van der Waals surface area contributed by atoms with Crippen LogP contribution in [0.4, 0.5) is 14.9 Å². The van der Waals surface area contributed by atoms with Gasteiger partial charge < -0.3 is 9.15 Å². The van der Waals surface area contributed by atoms with Crippen LogP contribution in [-0.4, -0.2) is 42.5 Å². The molecule has 2 aliphatic rings. The zero-order valence-electron chi connectivity index (χ0n) is 17.2. The highest BCUT2D eigenvalue weighted by Gasteiger charge is 2.37. The second-order valence-electron chi connectivity index (χ2n) is 7.89. The maximum Gasteiger partial charge on any atom is 0.419 e. The zero-order chi connectivity index (χ0) is 22.6. The van der Waals surface area contributed by atoms with Gasteiger partial charge in [-0.1, -0.05) is 0 Å². The van der Waals surface area contributed by atoms with Gasteiger partial charge in [-0.05, 0) is 43.2 Å². The summed E-state index contributed by atoms with van der Waals surface area (Å²) in [6.45, 7) is 0.405. The van der Waals surface area contributed by atoms with Crippen LogP contribution in [0.5, 0.6) is 0 Å². The van der Waals surface area contributed by atoms with Crippen molar-refractivity contribution in [3.8, 4) is 0 Å². The molecule has 3 heterocycles. The van der Waals surface area contributed by atoms with E-state index in [-0.39, 0.29) is 36.2 Å². The van der Waals surface area contributed by atoms with Crippen molar-refractivity contribution in [2.75, 3.05) is 18.0 Å². The van der Waals surface area contributed by atoms with E-state index in [4.69, 9.17) is 9.15 Å². The third-order valence-electron chi connectivity index (χ3n) is 6.04. The lowest BCUT2D eigenvalue weighted by Gasteiger charge is -2.39. The normalized spacial score (nSPS) is 18.1. The molecule has 1 amide bonds. The number of rotatable bonds is 3. The number of anilines is 1. The smallest absolute Gasteiger partial charge is 0.419 e. The number of carbonyl (C=O) groups is 1. The Morgan fingerprint density at radius 1 is 1.06 bits per heavy atom. The average Bonchev–Trinajstić information content (AvgIpc) is 3.07. The summed E-state index contributed by atoms with van der Waals surface area (Å²) in [5.41, 5.74) is 1.88. The van der Waals surface area contributed by atoms with Crippen LogP contribution in [0.25, 0.3) is 11.1 Å². The number of hydrogen-bond acceptors (Lipinski definition) is 6. The molecular weight excluding hydrogens is 441 g/mol. The summed E-state index contributed by atoms with van der Waals surface area (Å²) >= 11 is 0. The maximum absolute atomic E-state index is 13.6. The molecule has 0 atom stereocenters. The van der Waals surface area contributed by atoms with Crippen LogP contribution >= 0.6 is 0 Å². The van der Waals surface area contributed by atoms with E-state index in [1.165, 1.54) is 38.0 Å². The Balaban J connectivity index is 1.37. The van der Waals surface area contributed by atoms with Gasteiger partial charge in [0.05, 0.1) is 16.1 Å². The van der Waals surface area contributed by atoms with E-state index in [0.29, 0.717) is 29.6 Å². The van der Waals surface area contributed by atoms with Crippen LogP contribution in [0.2, 0.25) is 0 Å². The number of sulfonamides is 1. The number of benzene rings is 2. The number of aromatic nitrogens is 1. The monoisotopic (exact) mass is 461 g/mol. The number of amides is 1. The van der Waals surface area contributed by atoms with Gasteiger partial charge in [0.2, 0.25) is 10.0 Å². The number of piperidine rings is 1. The number of ether oxygens (including phenoxy) is 1. The quantitative estimate of drug-likeness (QED) is 0.594. The third-order valence-corrected chi connectivity index (χ3v) is 7.93. The topological polar surface area (TPSA) is 102 Å². The lowest BCUT2D eigenvalue weighted by atomic mass is 10.0. The first-order valence-corrected chi connectivity index (χ1v) is 11.5.